The maximum absolute atomic E-state index is 8.54. The molecule has 3 rings (SSSR count). The van der Waals surface area contributed by atoms with Crippen molar-refractivity contribution in [1.29, 1.82) is 5.41 Å². The van der Waals surface area contributed by atoms with Crippen molar-refractivity contribution in [2.45, 2.75) is 39.8 Å². The van der Waals surface area contributed by atoms with Crippen LogP contribution in [0.2, 0.25) is 5.02 Å². The molecule has 3 N–H and O–H groups in total. The second-order valence-corrected chi connectivity index (χ2v) is 9.36. The summed E-state index contributed by atoms with van der Waals surface area (Å²) < 4.78 is 0. The Balaban J connectivity index is 1.55. The highest BCUT2D eigenvalue weighted by Gasteiger charge is 2.16. The third-order valence-electron chi connectivity index (χ3n) is 6.20. The Bertz CT molecular complexity index is 963. The molecule has 0 aromatic heterocycles. The first-order valence-electron chi connectivity index (χ1n) is 11.3. The summed E-state index contributed by atoms with van der Waals surface area (Å²) >= 11 is 6.13. The van der Waals surface area contributed by atoms with Crippen molar-refractivity contribution < 1.29 is 0 Å². The third-order valence-corrected chi connectivity index (χ3v) is 6.44. The first-order chi connectivity index (χ1) is 15.2. The first kappa shape index (κ1) is 24.3. The first-order valence-corrected chi connectivity index (χ1v) is 11.7. The predicted octanol–water partition coefficient (Wildman–Crippen LogP) is 5.22. The minimum atomic E-state index is 0.150. The van der Waals surface area contributed by atoms with Crippen molar-refractivity contribution in [3.05, 3.63) is 70.4 Å². The lowest BCUT2D eigenvalue weighted by Gasteiger charge is -2.34. The quantitative estimate of drug-likeness (QED) is 0.455. The maximum atomic E-state index is 8.54. The molecule has 1 unspecified atom stereocenters. The zero-order chi connectivity index (χ0) is 23.3. The summed E-state index contributed by atoms with van der Waals surface area (Å²) in [5.74, 6) is 0. The van der Waals surface area contributed by atoms with Gasteiger partial charge in [-0.05, 0) is 68.8 Å². The molecule has 6 heteroatoms. The van der Waals surface area contributed by atoms with Crippen LogP contribution in [-0.4, -0.2) is 49.9 Å². The minimum absolute atomic E-state index is 0.150. The van der Waals surface area contributed by atoms with Gasteiger partial charge in [-0.15, -0.1) is 0 Å². The van der Waals surface area contributed by atoms with Crippen LogP contribution in [0.3, 0.4) is 0 Å². The van der Waals surface area contributed by atoms with Crippen molar-refractivity contribution >= 4 is 28.7 Å². The van der Waals surface area contributed by atoms with Crippen LogP contribution in [0.25, 0.3) is 0 Å². The maximum Gasteiger partial charge on any atom is 0.0557 e. The predicted molar refractivity (Wildman–Crippen MR) is 138 cm³/mol. The van der Waals surface area contributed by atoms with Crippen LogP contribution in [0, 0.1) is 19.3 Å². The number of halogens is 1. The van der Waals surface area contributed by atoms with Gasteiger partial charge in [-0.25, -0.2) is 0 Å². The van der Waals surface area contributed by atoms with Gasteiger partial charge >= 0.3 is 0 Å². The molecule has 1 fully saturated rings. The number of likely N-dealkylation sites (N-methyl/N-ethyl adjacent to an activating group) is 1. The number of allylic oxidation sites excluding steroid dienone is 1. The van der Waals surface area contributed by atoms with E-state index in [0.717, 1.165) is 49.0 Å². The Morgan fingerprint density at radius 2 is 1.78 bits per heavy atom. The van der Waals surface area contributed by atoms with Crippen LogP contribution < -0.4 is 15.5 Å². The molecule has 0 radical (unpaired) electrons. The molecule has 5 nitrogen and oxygen atoms in total. The number of benzene rings is 2. The van der Waals surface area contributed by atoms with Gasteiger partial charge < -0.3 is 25.8 Å². The fourth-order valence-corrected chi connectivity index (χ4v) is 4.05. The lowest BCUT2D eigenvalue weighted by Crippen LogP contribution is -2.44. The van der Waals surface area contributed by atoms with Gasteiger partial charge in [0.2, 0.25) is 0 Å². The Labute approximate surface area is 198 Å². The van der Waals surface area contributed by atoms with E-state index >= 15 is 0 Å². The molecule has 0 saturated carbocycles. The van der Waals surface area contributed by atoms with E-state index in [2.05, 4.69) is 73.0 Å². The van der Waals surface area contributed by atoms with Crippen LogP contribution >= 0.6 is 11.6 Å². The molecule has 172 valence electrons. The molecular formula is C26H36ClN5. The molecule has 0 amide bonds. The van der Waals surface area contributed by atoms with Gasteiger partial charge in [0.15, 0.2) is 0 Å². The smallest absolute Gasteiger partial charge is 0.0557 e. The van der Waals surface area contributed by atoms with Crippen LogP contribution in [0.1, 0.15) is 30.0 Å². The zero-order valence-corrected chi connectivity index (χ0v) is 20.5. The fourth-order valence-electron chi connectivity index (χ4n) is 3.86. The van der Waals surface area contributed by atoms with E-state index in [0.29, 0.717) is 17.8 Å². The average molecular weight is 454 g/mol. The van der Waals surface area contributed by atoms with E-state index in [-0.39, 0.29) is 6.04 Å². The Kier molecular flexibility index (Phi) is 8.35. The highest BCUT2D eigenvalue weighted by Crippen LogP contribution is 2.25. The molecule has 1 aliphatic heterocycles. The summed E-state index contributed by atoms with van der Waals surface area (Å²) in [6.07, 6.45) is 0.600. The van der Waals surface area contributed by atoms with Gasteiger partial charge in [0, 0.05) is 61.6 Å². The van der Waals surface area contributed by atoms with Gasteiger partial charge in [-0.1, -0.05) is 30.3 Å². The standard InChI is InChI=1S/C26H36ClN5/c1-18-6-8-23(27)15-22(18)17-29-20(3)14-25(28)21(4)30-26-16-24(9-7-19(26)2)32-12-10-31(5)11-13-32/h6-9,15-16,20,28-30H,4,10-14,17H2,1-3,5H3. The third kappa shape index (κ3) is 6.58. The largest absolute Gasteiger partial charge is 0.369 e. The molecule has 2 aromatic carbocycles. The number of anilines is 2. The van der Waals surface area contributed by atoms with E-state index in [9.17, 15) is 0 Å². The average Bonchev–Trinajstić information content (AvgIpc) is 2.76. The van der Waals surface area contributed by atoms with Gasteiger partial charge in [0.1, 0.15) is 0 Å². The van der Waals surface area contributed by atoms with Crippen molar-refractivity contribution in [3.8, 4) is 0 Å². The number of piperazine rings is 1. The second kappa shape index (κ2) is 11.0. The second-order valence-electron chi connectivity index (χ2n) is 8.93. The summed E-state index contributed by atoms with van der Waals surface area (Å²) in [5.41, 5.74) is 6.95. The van der Waals surface area contributed by atoms with E-state index in [4.69, 9.17) is 17.0 Å². The monoisotopic (exact) mass is 453 g/mol. The fraction of sp³-hybridized carbons (Fsp3) is 0.423. The zero-order valence-electron chi connectivity index (χ0n) is 19.8. The number of hydrogen-bond donors (Lipinski definition) is 3. The van der Waals surface area contributed by atoms with Crippen molar-refractivity contribution in [2.75, 3.05) is 43.4 Å². The molecule has 1 heterocycles. The topological polar surface area (TPSA) is 54.4 Å². The van der Waals surface area contributed by atoms with Crippen LogP contribution in [-0.2, 0) is 6.54 Å². The summed E-state index contributed by atoms with van der Waals surface area (Å²) in [6.45, 7) is 15.4. The van der Waals surface area contributed by atoms with E-state index in [1.165, 1.54) is 16.8 Å². The van der Waals surface area contributed by atoms with Crippen molar-refractivity contribution in [1.82, 2.24) is 10.2 Å². The molecule has 1 atom stereocenters. The van der Waals surface area contributed by atoms with E-state index < -0.39 is 0 Å². The van der Waals surface area contributed by atoms with E-state index in [1.807, 2.05) is 18.2 Å². The lowest BCUT2D eigenvalue weighted by molar-refractivity contribution is 0.313. The lowest BCUT2D eigenvalue weighted by atomic mass is 10.1. The molecule has 1 saturated heterocycles. The van der Waals surface area contributed by atoms with Crippen LogP contribution in [0.5, 0.6) is 0 Å². The summed E-state index contributed by atoms with van der Waals surface area (Å²) in [5, 5.41) is 16.2. The number of rotatable bonds is 9. The number of nitrogens with zero attached hydrogens (tertiary/aromatic N) is 2. The Morgan fingerprint density at radius 3 is 2.50 bits per heavy atom. The normalized spacial score (nSPS) is 15.5. The number of nitrogens with one attached hydrogen (secondary N) is 3. The molecule has 0 aliphatic carbocycles. The minimum Gasteiger partial charge on any atom is -0.369 e. The molecule has 0 bridgehead atoms. The number of aryl methyl sites for hydroxylation is 2. The van der Waals surface area contributed by atoms with Gasteiger partial charge in [0.25, 0.3) is 0 Å². The van der Waals surface area contributed by atoms with Gasteiger partial charge in [0.05, 0.1) is 11.4 Å². The highest BCUT2D eigenvalue weighted by molar-refractivity contribution is 6.30. The number of hydrogen-bond acceptors (Lipinski definition) is 5. The molecule has 2 aromatic rings. The van der Waals surface area contributed by atoms with Crippen LogP contribution in [0.15, 0.2) is 48.7 Å². The van der Waals surface area contributed by atoms with Crippen LogP contribution in [0.4, 0.5) is 11.4 Å². The van der Waals surface area contributed by atoms with Crippen molar-refractivity contribution in [2.24, 2.45) is 0 Å². The SMILES string of the molecule is C=C(Nc1cc(N2CCN(C)CC2)ccc1C)C(=N)CC(C)NCc1cc(Cl)ccc1C. The van der Waals surface area contributed by atoms with Gasteiger partial charge in [-0.3, -0.25) is 0 Å². The summed E-state index contributed by atoms with van der Waals surface area (Å²) in [7, 11) is 2.17. The molecular weight excluding hydrogens is 418 g/mol. The molecule has 0 spiro atoms. The van der Waals surface area contributed by atoms with E-state index in [1.54, 1.807) is 0 Å². The molecule has 32 heavy (non-hydrogen) atoms. The summed E-state index contributed by atoms with van der Waals surface area (Å²) in [6, 6.07) is 12.6. The Hall–Kier alpha value is -2.34. The van der Waals surface area contributed by atoms with Gasteiger partial charge in [-0.2, -0.15) is 0 Å². The Morgan fingerprint density at radius 1 is 1.09 bits per heavy atom. The molecule has 1 aliphatic rings. The summed E-state index contributed by atoms with van der Waals surface area (Å²) in [4.78, 5) is 4.78. The highest BCUT2D eigenvalue weighted by atomic mass is 35.5. The van der Waals surface area contributed by atoms with Crippen molar-refractivity contribution in [3.63, 3.8) is 0 Å².